The van der Waals surface area contributed by atoms with Gasteiger partial charge in [-0.25, -0.2) is 4.98 Å². The molecular weight excluding hydrogens is 178 g/mol. The van der Waals surface area contributed by atoms with E-state index in [9.17, 15) is 4.79 Å². The summed E-state index contributed by atoms with van der Waals surface area (Å²) in [5.74, 6) is 0.377. The van der Waals surface area contributed by atoms with Gasteiger partial charge in [0, 0.05) is 13.1 Å². The van der Waals surface area contributed by atoms with Crippen molar-refractivity contribution in [2.45, 2.75) is 20.3 Å². The first-order valence-electron chi connectivity index (χ1n) is 4.23. The molecule has 1 N–H and O–H groups in total. The monoisotopic (exact) mass is 189 g/mol. The zero-order valence-electron chi connectivity index (χ0n) is 8.16. The van der Waals surface area contributed by atoms with Gasteiger partial charge in [-0.05, 0) is 24.1 Å². The highest BCUT2D eigenvalue weighted by atomic mass is 16.1. The zero-order valence-corrected chi connectivity index (χ0v) is 8.16. The van der Waals surface area contributed by atoms with Crippen molar-refractivity contribution in [1.82, 2.24) is 4.98 Å². The summed E-state index contributed by atoms with van der Waals surface area (Å²) < 4.78 is 0. The third-order valence-electron chi connectivity index (χ3n) is 1.79. The van der Waals surface area contributed by atoms with Crippen molar-refractivity contribution in [3.8, 4) is 6.07 Å². The standard InChI is InChI=1S/C10H11N3O/c1-7-5-10(13-8(2)14)12-6-9(7)3-4-11/h5-6H,3H2,1-2H3,(H,12,13,14). The molecule has 0 aliphatic carbocycles. The number of aryl methyl sites for hydroxylation is 1. The average Bonchev–Trinajstić information content (AvgIpc) is 2.09. The topological polar surface area (TPSA) is 65.8 Å². The molecule has 0 atom stereocenters. The minimum absolute atomic E-state index is 0.148. The number of rotatable bonds is 2. The summed E-state index contributed by atoms with van der Waals surface area (Å²) in [6.45, 7) is 3.32. The van der Waals surface area contributed by atoms with Crippen LogP contribution in [-0.2, 0) is 11.2 Å². The zero-order chi connectivity index (χ0) is 10.6. The molecule has 1 amide bonds. The van der Waals surface area contributed by atoms with Gasteiger partial charge in [0.1, 0.15) is 5.82 Å². The lowest BCUT2D eigenvalue weighted by Crippen LogP contribution is -2.08. The Morgan fingerprint density at radius 1 is 1.71 bits per heavy atom. The van der Waals surface area contributed by atoms with E-state index < -0.39 is 0 Å². The first-order chi connectivity index (χ1) is 6.63. The predicted molar refractivity (Wildman–Crippen MR) is 52.6 cm³/mol. The highest BCUT2D eigenvalue weighted by Crippen LogP contribution is 2.11. The number of nitrogens with zero attached hydrogens (tertiary/aromatic N) is 2. The quantitative estimate of drug-likeness (QED) is 0.765. The highest BCUT2D eigenvalue weighted by molar-refractivity contribution is 5.87. The number of carbonyl (C=O) groups is 1. The van der Waals surface area contributed by atoms with E-state index in [1.165, 1.54) is 6.92 Å². The summed E-state index contributed by atoms with van der Waals surface area (Å²) in [5, 5.41) is 11.1. The molecule has 1 aromatic heterocycles. The lowest BCUT2D eigenvalue weighted by Gasteiger charge is -2.04. The van der Waals surface area contributed by atoms with E-state index in [2.05, 4.69) is 16.4 Å². The molecule has 72 valence electrons. The van der Waals surface area contributed by atoms with Crippen molar-refractivity contribution in [1.29, 1.82) is 5.26 Å². The normalized spacial score (nSPS) is 9.21. The summed E-state index contributed by atoms with van der Waals surface area (Å²) >= 11 is 0. The Labute approximate surface area is 82.6 Å². The van der Waals surface area contributed by atoms with Gasteiger partial charge in [0.2, 0.25) is 5.91 Å². The molecule has 14 heavy (non-hydrogen) atoms. The molecule has 0 saturated heterocycles. The van der Waals surface area contributed by atoms with Gasteiger partial charge in [0.25, 0.3) is 0 Å². The summed E-state index contributed by atoms with van der Waals surface area (Å²) in [6, 6.07) is 3.82. The van der Waals surface area contributed by atoms with Crippen LogP contribution in [0.1, 0.15) is 18.1 Å². The number of nitriles is 1. The number of hydrogen-bond acceptors (Lipinski definition) is 3. The molecule has 0 bridgehead atoms. The fourth-order valence-electron chi connectivity index (χ4n) is 1.10. The molecule has 0 aliphatic heterocycles. The molecular formula is C10H11N3O. The summed E-state index contributed by atoms with van der Waals surface area (Å²) in [6.07, 6.45) is 1.96. The first kappa shape index (κ1) is 10.2. The highest BCUT2D eigenvalue weighted by Gasteiger charge is 2.01. The molecule has 1 aromatic rings. The summed E-state index contributed by atoms with van der Waals surface area (Å²) in [7, 11) is 0. The molecule has 4 heteroatoms. The van der Waals surface area contributed by atoms with Crippen molar-refractivity contribution in [2.24, 2.45) is 0 Å². The molecule has 0 spiro atoms. The Morgan fingerprint density at radius 3 is 2.93 bits per heavy atom. The number of carbonyl (C=O) groups excluding carboxylic acids is 1. The summed E-state index contributed by atoms with van der Waals surface area (Å²) in [4.78, 5) is 14.7. The van der Waals surface area contributed by atoms with Crippen molar-refractivity contribution in [3.05, 3.63) is 23.4 Å². The van der Waals surface area contributed by atoms with E-state index in [0.717, 1.165) is 11.1 Å². The van der Waals surface area contributed by atoms with Gasteiger partial charge >= 0.3 is 0 Å². The maximum absolute atomic E-state index is 10.7. The van der Waals surface area contributed by atoms with Gasteiger partial charge in [0.05, 0.1) is 12.5 Å². The van der Waals surface area contributed by atoms with E-state index >= 15 is 0 Å². The molecule has 0 fully saturated rings. The Kier molecular flexibility index (Phi) is 3.19. The van der Waals surface area contributed by atoms with E-state index in [-0.39, 0.29) is 5.91 Å². The van der Waals surface area contributed by atoms with Gasteiger partial charge in [-0.1, -0.05) is 0 Å². The van der Waals surface area contributed by atoms with Crippen LogP contribution in [0.5, 0.6) is 0 Å². The third-order valence-corrected chi connectivity index (χ3v) is 1.79. The van der Waals surface area contributed by atoms with E-state index in [1.807, 2.05) is 6.92 Å². The lowest BCUT2D eigenvalue weighted by molar-refractivity contribution is -0.114. The molecule has 0 aliphatic rings. The molecule has 1 rings (SSSR count). The van der Waals surface area contributed by atoms with E-state index in [0.29, 0.717) is 12.2 Å². The fourth-order valence-corrected chi connectivity index (χ4v) is 1.10. The minimum atomic E-state index is -0.148. The van der Waals surface area contributed by atoms with Crippen LogP contribution in [0.15, 0.2) is 12.3 Å². The molecule has 0 radical (unpaired) electrons. The second-order valence-corrected chi connectivity index (χ2v) is 3.01. The largest absolute Gasteiger partial charge is 0.311 e. The number of nitrogens with one attached hydrogen (secondary N) is 1. The van der Waals surface area contributed by atoms with Gasteiger partial charge in [0.15, 0.2) is 0 Å². The minimum Gasteiger partial charge on any atom is -0.311 e. The van der Waals surface area contributed by atoms with Gasteiger partial charge in [-0.3, -0.25) is 4.79 Å². The van der Waals surface area contributed by atoms with Crippen molar-refractivity contribution < 1.29 is 4.79 Å². The first-order valence-corrected chi connectivity index (χ1v) is 4.23. The number of hydrogen-bond donors (Lipinski definition) is 1. The Bertz CT molecular complexity index is 393. The lowest BCUT2D eigenvalue weighted by atomic mass is 10.1. The Balaban J connectivity index is 2.90. The SMILES string of the molecule is CC(=O)Nc1cc(C)c(CC#N)cn1. The van der Waals surface area contributed by atoms with Crippen LogP contribution in [0.25, 0.3) is 0 Å². The molecule has 0 saturated carbocycles. The second-order valence-electron chi connectivity index (χ2n) is 3.01. The van der Waals surface area contributed by atoms with Crippen LogP contribution in [0.2, 0.25) is 0 Å². The van der Waals surface area contributed by atoms with E-state index in [1.54, 1.807) is 12.3 Å². The molecule has 1 heterocycles. The van der Waals surface area contributed by atoms with Gasteiger partial charge in [-0.2, -0.15) is 5.26 Å². The maximum Gasteiger partial charge on any atom is 0.222 e. The molecule has 0 aromatic carbocycles. The maximum atomic E-state index is 10.7. The van der Waals surface area contributed by atoms with Crippen molar-refractivity contribution >= 4 is 11.7 Å². The molecule has 4 nitrogen and oxygen atoms in total. The van der Waals surface area contributed by atoms with Crippen LogP contribution < -0.4 is 5.32 Å². The number of aromatic nitrogens is 1. The molecule has 0 unspecified atom stereocenters. The van der Waals surface area contributed by atoms with Crippen molar-refractivity contribution in [3.63, 3.8) is 0 Å². The third kappa shape index (κ3) is 2.56. The van der Waals surface area contributed by atoms with E-state index in [4.69, 9.17) is 5.26 Å². The Hall–Kier alpha value is -1.89. The average molecular weight is 189 g/mol. The van der Waals surface area contributed by atoms with Gasteiger partial charge < -0.3 is 5.32 Å². The fraction of sp³-hybridized carbons (Fsp3) is 0.300. The number of amides is 1. The van der Waals surface area contributed by atoms with Crippen LogP contribution in [-0.4, -0.2) is 10.9 Å². The van der Waals surface area contributed by atoms with Gasteiger partial charge in [-0.15, -0.1) is 0 Å². The summed E-state index contributed by atoms with van der Waals surface area (Å²) in [5.41, 5.74) is 1.85. The Morgan fingerprint density at radius 2 is 2.43 bits per heavy atom. The smallest absolute Gasteiger partial charge is 0.222 e. The van der Waals surface area contributed by atoms with Crippen LogP contribution in [0.3, 0.4) is 0 Å². The number of pyridine rings is 1. The second kappa shape index (κ2) is 4.38. The van der Waals surface area contributed by atoms with Crippen LogP contribution in [0.4, 0.5) is 5.82 Å². The predicted octanol–water partition coefficient (Wildman–Crippen LogP) is 1.41. The van der Waals surface area contributed by atoms with Crippen LogP contribution >= 0.6 is 0 Å². The van der Waals surface area contributed by atoms with Crippen LogP contribution in [0, 0.1) is 18.3 Å². The van der Waals surface area contributed by atoms with Crippen molar-refractivity contribution in [2.75, 3.05) is 5.32 Å². The number of anilines is 1.